The third-order valence-electron chi connectivity index (χ3n) is 4.18. The lowest BCUT2D eigenvalue weighted by atomic mass is 9.51. The van der Waals surface area contributed by atoms with Gasteiger partial charge < -0.3 is 9.72 Å². The van der Waals surface area contributed by atoms with Crippen LogP contribution in [-0.4, -0.2) is 18.2 Å². The molecule has 0 aromatic carbocycles. The van der Waals surface area contributed by atoms with Crippen LogP contribution in [0, 0.1) is 16.7 Å². The average Bonchev–Trinajstić information content (AvgIpc) is 2.60. The molecule has 3 rings (SSSR count). The summed E-state index contributed by atoms with van der Waals surface area (Å²) in [4.78, 5) is 3.08. The lowest BCUT2D eigenvalue weighted by Crippen LogP contribution is -2.61. The second-order valence-corrected chi connectivity index (χ2v) is 4.72. The molecule has 0 atom stereocenters. The molecule has 1 saturated carbocycles. The number of nitriles is 1. The summed E-state index contributed by atoms with van der Waals surface area (Å²) in [6.45, 7) is 1.41. The van der Waals surface area contributed by atoms with Gasteiger partial charge in [0.15, 0.2) is 0 Å². The molecule has 0 spiro atoms. The quantitative estimate of drug-likeness (QED) is 0.797. The van der Waals surface area contributed by atoms with Gasteiger partial charge in [-0.1, -0.05) is 6.42 Å². The molecule has 15 heavy (non-hydrogen) atoms. The van der Waals surface area contributed by atoms with Crippen LogP contribution in [0.4, 0.5) is 0 Å². The van der Waals surface area contributed by atoms with E-state index >= 15 is 0 Å². The van der Waals surface area contributed by atoms with Gasteiger partial charge in [-0.3, -0.25) is 0 Å². The first-order chi connectivity index (χ1) is 7.33. The normalized spacial score (nSPS) is 26.1. The fourth-order valence-electron chi connectivity index (χ4n) is 2.87. The fourth-order valence-corrected chi connectivity index (χ4v) is 2.87. The van der Waals surface area contributed by atoms with Crippen LogP contribution < -0.4 is 0 Å². The number of nitrogens with zero attached hydrogens (tertiary/aromatic N) is 1. The van der Waals surface area contributed by atoms with E-state index in [9.17, 15) is 5.26 Å². The van der Waals surface area contributed by atoms with Crippen LogP contribution in [0.15, 0.2) is 18.5 Å². The van der Waals surface area contributed by atoms with Gasteiger partial charge in [0.2, 0.25) is 0 Å². The number of rotatable bonds is 2. The second kappa shape index (κ2) is 2.86. The number of ether oxygens (including phenoxy) is 1. The Morgan fingerprint density at radius 2 is 2.20 bits per heavy atom. The lowest BCUT2D eigenvalue weighted by Gasteiger charge is -2.56. The van der Waals surface area contributed by atoms with Crippen molar-refractivity contribution in [2.75, 3.05) is 13.2 Å². The minimum Gasteiger partial charge on any atom is -0.379 e. The highest BCUT2D eigenvalue weighted by molar-refractivity contribution is 5.35. The van der Waals surface area contributed by atoms with Crippen LogP contribution in [0.5, 0.6) is 0 Å². The lowest BCUT2D eigenvalue weighted by molar-refractivity contribution is -0.134. The summed E-state index contributed by atoms with van der Waals surface area (Å²) in [7, 11) is 0. The molecule has 0 bridgehead atoms. The number of hydrogen-bond donors (Lipinski definition) is 1. The molecule has 1 aliphatic carbocycles. The predicted molar refractivity (Wildman–Crippen MR) is 55.2 cm³/mol. The van der Waals surface area contributed by atoms with Gasteiger partial charge in [-0.25, -0.2) is 0 Å². The van der Waals surface area contributed by atoms with Gasteiger partial charge in [-0.15, -0.1) is 0 Å². The fraction of sp³-hybridized carbons (Fsp3) is 0.583. The van der Waals surface area contributed by atoms with Gasteiger partial charge >= 0.3 is 0 Å². The van der Waals surface area contributed by atoms with Crippen molar-refractivity contribution in [3.05, 3.63) is 24.0 Å². The zero-order chi connectivity index (χ0) is 10.4. The first kappa shape index (κ1) is 8.99. The Balaban J connectivity index is 2.04. The van der Waals surface area contributed by atoms with E-state index in [1.54, 1.807) is 0 Å². The monoisotopic (exact) mass is 202 g/mol. The first-order valence-corrected chi connectivity index (χ1v) is 5.45. The number of hydrogen-bond acceptors (Lipinski definition) is 2. The highest BCUT2D eigenvalue weighted by Crippen LogP contribution is 2.57. The van der Waals surface area contributed by atoms with Crippen molar-refractivity contribution >= 4 is 0 Å². The molecule has 0 radical (unpaired) electrons. The van der Waals surface area contributed by atoms with Crippen LogP contribution >= 0.6 is 0 Å². The largest absolute Gasteiger partial charge is 0.379 e. The van der Waals surface area contributed by atoms with Crippen LogP contribution in [0.3, 0.4) is 0 Å². The van der Waals surface area contributed by atoms with Crippen LogP contribution in [0.25, 0.3) is 0 Å². The maximum atomic E-state index is 9.42. The van der Waals surface area contributed by atoms with Gasteiger partial charge in [0, 0.05) is 12.4 Å². The Bertz CT molecular complexity index is 394. The molecule has 1 N–H and O–H groups in total. The van der Waals surface area contributed by atoms with Gasteiger partial charge in [0.25, 0.3) is 0 Å². The molecule has 1 aromatic heterocycles. The van der Waals surface area contributed by atoms with Crippen molar-refractivity contribution in [2.24, 2.45) is 5.41 Å². The molecule has 2 fully saturated rings. The summed E-state index contributed by atoms with van der Waals surface area (Å²) < 4.78 is 5.38. The van der Waals surface area contributed by atoms with Gasteiger partial charge in [0.05, 0.1) is 30.1 Å². The zero-order valence-electron chi connectivity index (χ0n) is 8.62. The van der Waals surface area contributed by atoms with Gasteiger partial charge in [0.1, 0.15) is 0 Å². The number of aromatic nitrogens is 1. The molecule has 3 nitrogen and oxygen atoms in total. The van der Waals surface area contributed by atoms with E-state index in [0.29, 0.717) is 13.2 Å². The van der Waals surface area contributed by atoms with Crippen molar-refractivity contribution < 1.29 is 4.74 Å². The van der Waals surface area contributed by atoms with E-state index in [1.165, 1.54) is 12.0 Å². The minimum atomic E-state index is -0.159. The third kappa shape index (κ3) is 0.929. The Kier molecular flexibility index (Phi) is 1.72. The molecule has 1 aromatic rings. The predicted octanol–water partition coefficient (Wildman–Crippen LogP) is 1.98. The molecule has 0 amide bonds. The smallest absolute Gasteiger partial charge is 0.0715 e. The number of H-pyrrole nitrogens is 1. The highest BCUT2D eigenvalue weighted by Gasteiger charge is 2.60. The van der Waals surface area contributed by atoms with Gasteiger partial charge in [-0.05, 0) is 24.5 Å². The van der Waals surface area contributed by atoms with E-state index < -0.39 is 0 Å². The highest BCUT2D eigenvalue weighted by atomic mass is 16.5. The zero-order valence-corrected chi connectivity index (χ0v) is 8.62. The van der Waals surface area contributed by atoms with Crippen LogP contribution in [0.1, 0.15) is 24.8 Å². The Morgan fingerprint density at radius 1 is 1.40 bits per heavy atom. The molecule has 0 unspecified atom stereocenters. The molecule has 2 heterocycles. The molecular formula is C12H14N2O. The molecular weight excluding hydrogens is 188 g/mol. The second-order valence-electron chi connectivity index (χ2n) is 4.72. The molecule has 3 heteroatoms. The van der Waals surface area contributed by atoms with Crippen molar-refractivity contribution in [3.63, 3.8) is 0 Å². The summed E-state index contributed by atoms with van der Waals surface area (Å²) in [5, 5.41) is 9.42. The Hall–Kier alpha value is -1.27. The number of aromatic amines is 1. The Morgan fingerprint density at radius 3 is 2.53 bits per heavy atom. The molecule has 1 aliphatic heterocycles. The topological polar surface area (TPSA) is 48.8 Å². The summed E-state index contributed by atoms with van der Waals surface area (Å²) in [6.07, 6.45) is 7.18. The molecule has 2 aliphatic rings. The van der Waals surface area contributed by atoms with Crippen LogP contribution in [0.2, 0.25) is 0 Å². The average molecular weight is 202 g/mol. The maximum Gasteiger partial charge on any atom is 0.0715 e. The summed E-state index contributed by atoms with van der Waals surface area (Å²) >= 11 is 0. The standard InChI is InChI=1S/C12H14N2O/c13-7-11(3-1-4-11)12(8-15-9-12)10-2-5-14-6-10/h2,5-6,14H,1,3-4,8-9H2. The van der Waals surface area contributed by atoms with Crippen molar-refractivity contribution in [1.82, 2.24) is 4.98 Å². The summed E-state index contributed by atoms with van der Waals surface area (Å²) in [5.41, 5.74) is 1.06. The Labute approximate surface area is 89.1 Å². The van der Waals surface area contributed by atoms with E-state index in [2.05, 4.69) is 17.1 Å². The molecule has 1 saturated heterocycles. The number of nitrogens with one attached hydrogen (secondary N) is 1. The van der Waals surface area contributed by atoms with E-state index in [1.807, 2.05) is 12.4 Å². The maximum absolute atomic E-state index is 9.42. The summed E-state index contributed by atoms with van der Waals surface area (Å²) in [6, 6.07) is 4.64. The van der Waals surface area contributed by atoms with Crippen molar-refractivity contribution in [3.8, 4) is 6.07 Å². The van der Waals surface area contributed by atoms with E-state index in [-0.39, 0.29) is 10.8 Å². The van der Waals surface area contributed by atoms with Crippen molar-refractivity contribution in [1.29, 1.82) is 5.26 Å². The van der Waals surface area contributed by atoms with E-state index in [0.717, 1.165) is 12.8 Å². The first-order valence-electron chi connectivity index (χ1n) is 5.45. The summed E-state index contributed by atoms with van der Waals surface area (Å²) in [5.74, 6) is 0. The molecule has 78 valence electrons. The van der Waals surface area contributed by atoms with Crippen molar-refractivity contribution in [2.45, 2.75) is 24.7 Å². The third-order valence-corrected chi connectivity index (χ3v) is 4.18. The van der Waals surface area contributed by atoms with Crippen LogP contribution in [-0.2, 0) is 10.2 Å². The SMILES string of the molecule is N#CC1(C2(c3cc[nH]c3)COC2)CCC1. The minimum absolute atomic E-state index is 0.0278. The van der Waals surface area contributed by atoms with E-state index in [4.69, 9.17) is 4.74 Å². The van der Waals surface area contributed by atoms with Gasteiger partial charge in [-0.2, -0.15) is 5.26 Å².